The lowest BCUT2D eigenvalue weighted by Gasteiger charge is -2.13. The third kappa shape index (κ3) is 3.52. The van der Waals surface area contributed by atoms with E-state index in [1.165, 1.54) is 0 Å². The van der Waals surface area contributed by atoms with Crippen LogP contribution in [-0.4, -0.2) is 10.9 Å². The molecule has 1 unspecified atom stereocenters. The number of aliphatic hydroxyl groups is 1. The first kappa shape index (κ1) is 13.5. The highest BCUT2D eigenvalue weighted by Gasteiger charge is 2.10. The van der Waals surface area contributed by atoms with Crippen LogP contribution in [0.1, 0.15) is 17.2 Å². The molecular weight excluding hydrogens is 264 g/mol. The summed E-state index contributed by atoms with van der Waals surface area (Å²) in [4.78, 5) is 1.08. The SMILES string of the molecule is Cc1ccccc1C(O)CSc1cccc(Cl)c1. The Morgan fingerprint density at radius 1 is 1.17 bits per heavy atom. The van der Waals surface area contributed by atoms with Gasteiger partial charge in [0.05, 0.1) is 6.10 Å². The molecular formula is C15H15ClOS. The maximum absolute atomic E-state index is 10.2. The van der Waals surface area contributed by atoms with Crippen LogP contribution in [0.2, 0.25) is 5.02 Å². The highest BCUT2D eigenvalue weighted by molar-refractivity contribution is 7.99. The maximum atomic E-state index is 10.2. The zero-order valence-electron chi connectivity index (χ0n) is 10.1. The lowest BCUT2D eigenvalue weighted by atomic mass is 10.1. The van der Waals surface area contributed by atoms with Crippen molar-refractivity contribution in [1.29, 1.82) is 0 Å². The van der Waals surface area contributed by atoms with E-state index in [9.17, 15) is 5.11 Å². The number of hydrogen-bond acceptors (Lipinski definition) is 2. The third-order valence-electron chi connectivity index (χ3n) is 2.75. The molecule has 0 aliphatic carbocycles. The van der Waals surface area contributed by atoms with Gasteiger partial charge in [-0.1, -0.05) is 41.9 Å². The van der Waals surface area contributed by atoms with Gasteiger partial charge in [0.15, 0.2) is 0 Å². The largest absolute Gasteiger partial charge is 0.388 e. The standard InChI is InChI=1S/C15H15ClOS/c1-11-5-2-3-8-14(11)15(17)10-18-13-7-4-6-12(16)9-13/h2-9,15,17H,10H2,1H3. The fourth-order valence-corrected chi connectivity index (χ4v) is 2.95. The van der Waals surface area contributed by atoms with Gasteiger partial charge in [0.2, 0.25) is 0 Å². The number of aryl methyl sites for hydroxylation is 1. The lowest BCUT2D eigenvalue weighted by Crippen LogP contribution is -2.02. The highest BCUT2D eigenvalue weighted by atomic mass is 35.5. The summed E-state index contributed by atoms with van der Waals surface area (Å²) in [7, 11) is 0. The van der Waals surface area contributed by atoms with Crippen LogP contribution in [0.3, 0.4) is 0 Å². The van der Waals surface area contributed by atoms with Gasteiger partial charge < -0.3 is 5.11 Å². The van der Waals surface area contributed by atoms with E-state index in [1.807, 2.05) is 55.5 Å². The van der Waals surface area contributed by atoms with Crippen LogP contribution in [0.5, 0.6) is 0 Å². The minimum Gasteiger partial charge on any atom is -0.388 e. The van der Waals surface area contributed by atoms with Crippen molar-refractivity contribution in [1.82, 2.24) is 0 Å². The van der Waals surface area contributed by atoms with Gasteiger partial charge in [-0.2, -0.15) is 0 Å². The van der Waals surface area contributed by atoms with Gasteiger partial charge in [-0.15, -0.1) is 11.8 Å². The van der Waals surface area contributed by atoms with Gasteiger partial charge >= 0.3 is 0 Å². The Labute approximate surface area is 117 Å². The Morgan fingerprint density at radius 3 is 2.67 bits per heavy atom. The van der Waals surface area contributed by atoms with Gasteiger partial charge in [-0.3, -0.25) is 0 Å². The quantitative estimate of drug-likeness (QED) is 0.833. The van der Waals surface area contributed by atoms with E-state index in [1.54, 1.807) is 11.8 Å². The Bertz CT molecular complexity index is 527. The van der Waals surface area contributed by atoms with Crippen LogP contribution in [-0.2, 0) is 0 Å². The molecule has 1 nitrogen and oxygen atoms in total. The monoisotopic (exact) mass is 278 g/mol. The van der Waals surface area contributed by atoms with Crippen LogP contribution in [0.4, 0.5) is 0 Å². The summed E-state index contributed by atoms with van der Waals surface area (Å²) in [5, 5.41) is 10.9. The molecule has 0 aromatic heterocycles. The van der Waals surface area contributed by atoms with Crippen molar-refractivity contribution in [2.24, 2.45) is 0 Å². The predicted molar refractivity (Wildman–Crippen MR) is 78.3 cm³/mol. The number of halogens is 1. The summed E-state index contributed by atoms with van der Waals surface area (Å²) < 4.78 is 0. The molecule has 0 aliphatic rings. The molecule has 0 saturated carbocycles. The molecule has 0 spiro atoms. The summed E-state index contributed by atoms with van der Waals surface area (Å²) >= 11 is 7.54. The van der Waals surface area contributed by atoms with E-state index in [2.05, 4.69) is 0 Å². The topological polar surface area (TPSA) is 20.2 Å². The molecule has 0 heterocycles. The van der Waals surface area contributed by atoms with E-state index in [-0.39, 0.29) is 0 Å². The molecule has 0 amide bonds. The number of thioether (sulfide) groups is 1. The second-order valence-electron chi connectivity index (χ2n) is 4.14. The fourth-order valence-electron chi connectivity index (χ4n) is 1.78. The van der Waals surface area contributed by atoms with Crippen molar-refractivity contribution in [3.63, 3.8) is 0 Å². The van der Waals surface area contributed by atoms with E-state index < -0.39 is 6.10 Å². The van der Waals surface area contributed by atoms with Gasteiger partial charge in [0.25, 0.3) is 0 Å². The lowest BCUT2D eigenvalue weighted by molar-refractivity contribution is 0.203. The summed E-state index contributed by atoms with van der Waals surface area (Å²) in [6.45, 7) is 2.02. The maximum Gasteiger partial charge on any atom is 0.0886 e. The molecule has 0 fully saturated rings. The second kappa shape index (κ2) is 6.28. The molecule has 2 aromatic carbocycles. The zero-order valence-corrected chi connectivity index (χ0v) is 11.7. The summed E-state index contributed by atoms with van der Waals surface area (Å²) in [5.41, 5.74) is 2.11. The van der Waals surface area contributed by atoms with Crippen molar-refractivity contribution in [2.45, 2.75) is 17.9 Å². The zero-order chi connectivity index (χ0) is 13.0. The Hall–Kier alpha value is -0.960. The van der Waals surface area contributed by atoms with E-state index in [0.29, 0.717) is 5.75 Å². The van der Waals surface area contributed by atoms with E-state index in [0.717, 1.165) is 21.0 Å². The molecule has 18 heavy (non-hydrogen) atoms. The molecule has 3 heteroatoms. The molecule has 0 bridgehead atoms. The first-order valence-electron chi connectivity index (χ1n) is 5.79. The molecule has 0 aliphatic heterocycles. The summed E-state index contributed by atoms with van der Waals surface area (Å²) in [6.07, 6.45) is -0.449. The predicted octanol–water partition coefficient (Wildman–Crippen LogP) is 4.47. The summed E-state index contributed by atoms with van der Waals surface area (Å²) in [5.74, 6) is 0.630. The fraction of sp³-hybridized carbons (Fsp3) is 0.200. The van der Waals surface area contributed by atoms with Crippen molar-refractivity contribution < 1.29 is 5.11 Å². The normalized spacial score (nSPS) is 12.4. The van der Waals surface area contributed by atoms with Crippen LogP contribution < -0.4 is 0 Å². The highest BCUT2D eigenvalue weighted by Crippen LogP contribution is 2.27. The second-order valence-corrected chi connectivity index (χ2v) is 5.67. The molecule has 2 aromatic rings. The van der Waals surface area contributed by atoms with Crippen molar-refractivity contribution >= 4 is 23.4 Å². The Balaban J connectivity index is 2.00. The number of hydrogen-bond donors (Lipinski definition) is 1. The minimum atomic E-state index is -0.449. The number of aliphatic hydroxyl groups excluding tert-OH is 1. The molecule has 2 rings (SSSR count). The molecule has 1 atom stereocenters. The first-order valence-corrected chi connectivity index (χ1v) is 7.15. The van der Waals surface area contributed by atoms with E-state index in [4.69, 9.17) is 11.6 Å². The van der Waals surface area contributed by atoms with Crippen LogP contribution in [0.25, 0.3) is 0 Å². The van der Waals surface area contributed by atoms with E-state index >= 15 is 0 Å². The van der Waals surface area contributed by atoms with Crippen LogP contribution >= 0.6 is 23.4 Å². The van der Waals surface area contributed by atoms with Crippen molar-refractivity contribution in [2.75, 3.05) is 5.75 Å². The van der Waals surface area contributed by atoms with Crippen LogP contribution in [0.15, 0.2) is 53.4 Å². The minimum absolute atomic E-state index is 0.449. The average molecular weight is 279 g/mol. The van der Waals surface area contributed by atoms with Crippen LogP contribution in [0, 0.1) is 6.92 Å². The summed E-state index contributed by atoms with van der Waals surface area (Å²) in [6, 6.07) is 15.6. The third-order valence-corrected chi connectivity index (χ3v) is 4.06. The Kier molecular flexibility index (Phi) is 4.70. The van der Waals surface area contributed by atoms with Gasteiger partial charge in [0.1, 0.15) is 0 Å². The Morgan fingerprint density at radius 2 is 1.94 bits per heavy atom. The average Bonchev–Trinajstić information content (AvgIpc) is 2.37. The number of benzene rings is 2. The smallest absolute Gasteiger partial charge is 0.0886 e. The molecule has 0 radical (unpaired) electrons. The first-order chi connectivity index (χ1) is 8.66. The van der Waals surface area contributed by atoms with Gasteiger partial charge in [-0.05, 0) is 36.2 Å². The number of rotatable bonds is 4. The molecule has 94 valence electrons. The van der Waals surface area contributed by atoms with Gasteiger partial charge in [-0.25, -0.2) is 0 Å². The van der Waals surface area contributed by atoms with Gasteiger partial charge in [0, 0.05) is 15.7 Å². The molecule has 0 saturated heterocycles. The van der Waals surface area contributed by atoms with Crippen molar-refractivity contribution in [3.05, 3.63) is 64.7 Å². The van der Waals surface area contributed by atoms with Crippen molar-refractivity contribution in [3.8, 4) is 0 Å². The molecule has 1 N–H and O–H groups in total.